The molecule has 1 aromatic heterocycles. The van der Waals surface area contributed by atoms with Crippen molar-refractivity contribution in [3.63, 3.8) is 0 Å². The molecule has 1 amide bonds. The summed E-state index contributed by atoms with van der Waals surface area (Å²) in [7, 11) is 0. The predicted octanol–water partition coefficient (Wildman–Crippen LogP) is 2.25. The van der Waals surface area contributed by atoms with Gasteiger partial charge < -0.3 is 43.6 Å². The fourth-order valence-electron chi connectivity index (χ4n) is 5.28. The molecule has 3 N–H and O–H groups in total. The lowest BCUT2D eigenvalue weighted by atomic mass is 9.96. The minimum atomic E-state index is -1.47. The molecule has 6 atom stereocenters. The third kappa shape index (κ3) is 11.7. The molecule has 1 aliphatic heterocycles. The minimum absolute atomic E-state index is 0.0319. The Kier molecular flexibility index (Phi) is 14.3. The molecule has 0 unspecified atom stereocenters. The van der Waals surface area contributed by atoms with Crippen LogP contribution in [0.4, 0.5) is 0 Å². The Morgan fingerprint density at radius 3 is 2.12 bits per heavy atom. The van der Waals surface area contributed by atoms with Crippen LogP contribution < -0.4 is 14.8 Å². The van der Waals surface area contributed by atoms with Crippen molar-refractivity contribution in [3.05, 3.63) is 40.6 Å². The van der Waals surface area contributed by atoms with E-state index in [1.54, 1.807) is 12.1 Å². The highest BCUT2D eigenvalue weighted by atomic mass is 16.7. The van der Waals surface area contributed by atoms with Crippen LogP contribution in [0.5, 0.6) is 11.6 Å². The number of ether oxygens (including phenoxy) is 7. The second-order valence-electron chi connectivity index (χ2n) is 12.3. The van der Waals surface area contributed by atoms with Gasteiger partial charge in [-0.15, -0.1) is 5.10 Å². The van der Waals surface area contributed by atoms with Crippen molar-refractivity contribution in [1.82, 2.24) is 15.5 Å². The number of aryl methyl sites for hydroxylation is 1. The van der Waals surface area contributed by atoms with Crippen LogP contribution in [0.1, 0.15) is 83.2 Å². The number of H-pyrrole nitrogens is 1. The Hall–Kier alpha value is -5.19. The molecule has 0 radical (unpaired) electrons. The molecule has 0 saturated carbocycles. The van der Waals surface area contributed by atoms with Crippen molar-refractivity contribution in [1.29, 1.82) is 0 Å². The highest BCUT2D eigenvalue weighted by Gasteiger charge is 2.53. The van der Waals surface area contributed by atoms with Crippen LogP contribution in [0.25, 0.3) is 0 Å². The number of carbonyl (C=O) groups is 6. The number of aromatic nitrogens is 2. The maximum absolute atomic E-state index is 12.3. The zero-order valence-electron chi connectivity index (χ0n) is 29.8. The molecule has 17 nitrogen and oxygen atoms in total. The molecule has 0 aliphatic carbocycles. The Morgan fingerprint density at radius 2 is 1.55 bits per heavy atom. The van der Waals surface area contributed by atoms with Crippen molar-refractivity contribution in [2.75, 3.05) is 13.2 Å². The second kappa shape index (κ2) is 18.2. The summed E-state index contributed by atoms with van der Waals surface area (Å²) in [6, 6.07) is 4.35. The molecule has 2 aromatic rings. The van der Waals surface area contributed by atoms with Gasteiger partial charge >= 0.3 is 29.8 Å². The highest BCUT2D eigenvalue weighted by Crippen LogP contribution is 2.34. The number of amides is 1. The molecule has 1 aliphatic rings. The van der Waals surface area contributed by atoms with Crippen LogP contribution in [-0.4, -0.2) is 101 Å². The lowest BCUT2D eigenvalue weighted by Gasteiger charge is -2.43. The van der Waals surface area contributed by atoms with E-state index in [9.17, 15) is 28.8 Å². The fraction of sp³-hybridized carbons (Fsp3) is 0.559. The van der Waals surface area contributed by atoms with E-state index in [0.29, 0.717) is 17.7 Å². The number of carboxylic acids is 1. The number of aliphatic carboxylic acids is 1. The van der Waals surface area contributed by atoms with Crippen molar-refractivity contribution in [2.45, 2.75) is 111 Å². The first-order valence-corrected chi connectivity index (χ1v) is 16.3. The van der Waals surface area contributed by atoms with E-state index in [1.807, 2.05) is 26.8 Å². The van der Waals surface area contributed by atoms with Crippen LogP contribution in [0.15, 0.2) is 18.2 Å². The topological polar surface area (TPSA) is 228 Å². The van der Waals surface area contributed by atoms with Crippen molar-refractivity contribution < 1.29 is 67.0 Å². The Morgan fingerprint density at radius 1 is 0.922 bits per heavy atom. The van der Waals surface area contributed by atoms with Crippen molar-refractivity contribution >= 4 is 35.8 Å². The standard InChI is InChI=1S/C34H45N3O14/c1-16(2)28-25(14-23-9-10-24(13-17(23)3)45-12-11-27(42)35-18(4)33(43)44)32(37-36-28)51-34-31(49-22(8)41)30(48-21(7)40)29(47-20(6)39)26(50-34)15-46-19(5)38/h9-10,13,16,18,26,29-31,34H,11-12,14-15H2,1-8H3,(H,35,42)(H,36,37)(H,43,44)/t18-,26+,29+,30-,31+,34-/m0/s1. The van der Waals surface area contributed by atoms with Gasteiger partial charge in [-0.3, -0.25) is 33.9 Å². The van der Waals surface area contributed by atoms with Crippen LogP contribution in [0, 0.1) is 6.92 Å². The largest absolute Gasteiger partial charge is 0.493 e. The predicted molar refractivity (Wildman–Crippen MR) is 175 cm³/mol. The van der Waals surface area contributed by atoms with Gasteiger partial charge in [0.05, 0.1) is 13.0 Å². The van der Waals surface area contributed by atoms with E-state index in [2.05, 4.69) is 15.5 Å². The Bertz CT molecular complexity index is 1590. The van der Waals surface area contributed by atoms with Gasteiger partial charge in [-0.1, -0.05) is 19.9 Å². The van der Waals surface area contributed by atoms with E-state index in [0.717, 1.165) is 37.6 Å². The van der Waals surface area contributed by atoms with Crippen LogP contribution in [0.3, 0.4) is 0 Å². The number of hydrogen-bond acceptors (Lipinski definition) is 14. The maximum atomic E-state index is 12.3. The maximum Gasteiger partial charge on any atom is 0.325 e. The fourth-order valence-corrected chi connectivity index (χ4v) is 5.28. The molecule has 17 heteroatoms. The molecule has 1 aromatic carbocycles. The summed E-state index contributed by atoms with van der Waals surface area (Å²) < 4.78 is 39.7. The molecule has 1 saturated heterocycles. The summed E-state index contributed by atoms with van der Waals surface area (Å²) in [6.45, 7) is 11.3. The zero-order chi connectivity index (χ0) is 38.0. The van der Waals surface area contributed by atoms with Crippen LogP contribution >= 0.6 is 0 Å². The first kappa shape index (κ1) is 40.2. The zero-order valence-corrected chi connectivity index (χ0v) is 29.8. The minimum Gasteiger partial charge on any atom is -0.493 e. The summed E-state index contributed by atoms with van der Waals surface area (Å²) >= 11 is 0. The smallest absolute Gasteiger partial charge is 0.325 e. The number of aromatic amines is 1. The number of nitrogens with zero attached hydrogens (tertiary/aromatic N) is 1. The van der Waals surface area contributed by atoms with E-state index < -0.39 is 79.1 Å². The highest BCUT2D eigenvalue weighted by molar-refractivity contribution is 5.83. The van der Waals surface area contributed by atoms with Gasteiger partial charge in [0.15, 0.2) is 12.2 Å². The average molecular weight is 720 g/mol. The van der Waals surface area contributed by atoms with Gasteiger partial charge in [0.25, 0.3) is 0 Å². The van der Waals surface area contributed by atoms with Gasteiger partial charge in [-0.25, -0.2) is 0 Å². The number of carbonyl (C=O) groups excluding carboxylic acids is 5. The SMILES string of the molecule is CC(=O)OC[C@H]1O[C@@H](Oc2n[nH]c(C(C)C)c2Cc2ccc(OCCC(=O)N[C@@H](C)C(=O)O)cc2C)[C@H](OC(C)=O)[C@@H](OC(C)=O)[C@@H]1OC(C)=O. The van der Waals surface area contributed by atoms with Gasteiger partial charge in [0, 0.05) is 45.4 Å². The lowest BCUT2D eigenvalue weighted by Crippen LogP contribution is -2.63. The van der Waals surface area contributed by atoms with E-state index in [4.69, 9.17) is 38.3 Å². The number of nitrogens with one attached hydrogen (secondary N) is 2. The number of rotatable bonds is 16. The normalized spacial score (nSPS) is 20.5. The molecule has 0 spiro atoms. The summed E-state index contributed by atoms with van der Waals surface area (Å²) in [5.41, 5.74) is 3.08. The molecule has 280 valence electrons. The van der Waals surface area contributed by atoms with Crippen molar-refractivity contribution in [2.24, 2.45) is 0 Å². The van der Waals surface area contributed by atoms with Crippen LogP contribution in [-0.2, 0) is 58.9 Å². The first-order valence-electron chi connectivity index (χ1n) is 16.3. The molecular weight excluding hydrogens is 674 g/mol. The quantitative estimate of drug-likeness (QED) is 0.167. The Balaban J connectivity index is 1.91. The molecule has 51 heavy (non-hydrogen) atoms. The van der Waals surface area contributed by atoms with E-state index >= 15 is 0 Å². The average Bonchev–Trinajstić information content (AvgIpc) is 3.41. The number of hydrogen-bond donors (Lipinski definition) is 3. The third-order valence-corrected chi connectivity index (χ3v) is 7.64. The second-order valence-corrected chi connectivity index (χ2v) is 12.3. The molecule has 2 heterocycles. The summed E-state index contributed by atoms with van der Waals surface area (Å²) in [5.74, 6) is -4.00. The Labute approximate surface area is 294 Å². The monoisotopic (exact) mass is 719 g/mol. The summed E-state index contributed by atoms with van der Waals surface area (Å²) in [6.07, 6.45) is -6.59. The van der Waals surface area contributed by atoms with E-state index in [1.165, 1.54) is 13.8 Å². The number of esters is 4. The number of benzene rings is 1. The third-order valence-electron chi connectivity index (χ3n) is 7.64. The van der Waals surface area contributed by atoms with Crippen molar-refractivity contribution in [3.8, 4) is 11.6 Å². The number of carboxylic acid groups (broad SMARTS) is 1. The molecule has 1 fully saturated rings. The van der Waals surface area contributed by atoms with E-state index in [-0.39, 0.29) is 24.8 Å². The van der Waals surface area contributed by atoms with Crippen LogP contribution in [0.2, 0.25) is 0 Å². The van der Waals surface area contributed by atoms with Gasteiger partial charge in [0.2, 0.25) is 24.2 Å². The summed E-state index contributed by atoms with van der Waals surface area (Å²) in [4.78, 5) is 71.2. The van der Waals surface area contributed by atoms with Gasteiger partial charge in [0.1, 0.15) is 24.5 Å². The molecule has 3 rings (SSSR count). The van der Waals surface area contributed by atoms with Gasteiger partial charge in [-0.2, -0.15) is 0 Å². The lowest BCUT2D eigenvalue weighted by molar-refractivity contribution is -0.289. The molecular formula is C34H45N3O14. The summed E-state index contributed by atoms with van der Waals surface area (Å²) in [5, 5.41) is 18.7. The molecule has 0 bridgehead atoms. The van der Waals surface area contributed by atoms with Gasteiger partial charge in [-0.05, 0) is 43.0 Å². The first-order chi connectivity index (χ1) is 24.0.